The van der Waals surface area contributed by atoms with E-state index in [1.807, 2.05) is 39.0 Å². The van der Waals surface area contributed by atoms with Crippen LogP contribution in [0, 0.1) is 17.3 Å². The Balaban J connectivity index is 1.35. The number of phenols is 1. The molecule has 3 aliphatic rings. The number of amides is 3. The number of carbonyl (C=O) groups excluding carboxylic acids is 4. The second-order valence-corrected chi connectivity index (χ2v) is 18.3. The first-order chi connectivity index (χ1) is 29.1. The van der Waals surface area contributed by atoms with Crippen molar-refractivity contribution < 1.29 is 33.8 Å². The molecule has 7 rings (SSSR count). The lowest BCUT2D eigenvalue weighted by Crippen LogP contribution is -2.62. The molecule has 4 atom stereocenters. The predicted octanol–water partition coefficient (Wildman–Crippen LogP) is 6.73. The Labute approximate surface area is 359 Å². The van der Waals surface area contributed by atoms with Crippen molar-refractivity contribution >= 4 is 34.6 Å². The number of aromatic hydroxyl groups is 1. The third-order valence-electron chi connectivity index (χ3n) is 12.8. The number of nitrogens with one attached hydrogen (secondary N) is 2. The van der Waals surface area contributed by atoms with Gasteiger partial charge in [0.05, 0.1) is 24.1 Å². The number of hydrogen-bond acceptors (Lipinski definition) is 9. The van der Waals surface area contributed by atoms with E-state index in [0.29, 0.717) is 37.9 Å². The standard InChI is InChI=1S/C48H62N6O7/c1-9-53-40-18-17-32-25-36(40)37(43(53)35-15-11-19-49-41(35)29(4)60-8)26-48(5,6)27-61-47(59)38-16-12-20-54(51-38)46(58)39(23-30-21-33(32)24-34(55)22-30)50-44(56)42(28(2)3)52(7)45(57)31-13-10-14-31/h11,15,17-19,21-22,24-25,28-29,31,38-39,42,51,55H,9-10,12-14,16,20,23,26-27H2,1-8H3,(H,50,56)/t29-,38-,39-,42-/m0/s1. The fourth-order valence-electron chi connectivity index (χ4n) is 9.33. The first kappa shape index (κ1) is 43.8. The van der Waals surface area contributed by atoms with E-state index in [2.05, 4.69) is 54.3 Å². The molecule has 3 amide bonds. The fraction of sp³-hybridized carbons (Fsp3) is 0.521. The molecule has 6 bridgehead atoms. The van der Waals surface area contributed by atoms with Gasteiger partial charge in [-0.2, -0.15) is 0 Å². The molecular weight excluding hydrogens is 773 g/mol. The van der Waals surface area contributed by atoms with Crippen molar-refractivity contribution in [1.82, 2.24) is 30.2 Å². The number of aryl methyl sites for hydroxylation is 1. The van der Waals surface area contributed by atoms with E-state index in [9.17, 15) is 24.3 Å². The van der Waals surface area contributed by atoms with Crippen molar-refractivity contribution in [3.8, 4) is 28.1 Å². The maximum Gasteiger partial charge on any atom is 0.324 e. The number of likely N-dealkylation sites (N-methyl/N-ethyl adjacent to an activating group) is 1. The smallest absolute Gasteiger partial charge is 0.324 e. The van der Waals surface area contributed by atoms with Gasteiger partial charge in [0.25, 0.3) is 5.91 Å². The summed E-state index contributed by atoms with van der Waals surface area (Å²) in [5.41, 5.74) is 9.76. The zero-order valence-electron chi connectivity index (χ0n) is 36.9. The number of nitrogens with zero attached hydrogens (tertiary/aromatic N) is 4. The molecule has 0 unspecified atom stereocenters. The molecule has 0 radical (unpaired) electrons. The summed E-state index contributed by atoms with van der Waals surface area (Å²) in [5.74, 6) is -1.70. The topological polar surface area (TPSA) is 155 Å². The number of fused-ring (bicyclic) bond motifs is 6. The average Bonchev–Trinajstić information content (AvgIpc) is 3.52. The lowest BCUT2D eigenvalue weighted by Gasteiger charge is -2.38. The van der Waals surface area contributed by atoms with E-state index in [4.69, 9.17) is 14.5 Å². The van der Waals surface area contributed by atoms with Crippen LogP contribution in [0.5, 0.6) is 5.75 Å². The van der Waals surface area contributed by atoms with E-state index >= 15 is 0 Å². The molecule has 2 fully saturated rings. The van der Waals surface area contributed by atoms with Crippen molar-refractivity contribution in [3.05, 3.63) is 71.5 Å². The van der Waals surface area contributed by atoms with Gasteiger partial charge in [-0.3, -0.25) is 29.2 Å². The van der Waals surface area contributed by atoms with Gasteiger partial charge in [-0.15, -0.1) is 0 Å². The molecule has 1 aliphatic carbocycles. The molecule has 13 heteroatoms. The van der Waals surface area contributed by atoms with Crippen LogP contribution in [0.2, 0.25) is 0 Å². The van der Waals surface area contributed by atoms with E-state index in [-0.39, 0.29) is 42.6 Å². The van der Waals surface area contributed by atoms with E-state index in [1.54, 1.807) is 32.5 Å². The van der Waals surface area contributed by atoms with Gasteiger partial charge in [0.15, 0.2) is 0 Å². The highest BCUT2D eigenvalue weighted by molar-refractivity contribution is 5.96. The second kappa shape index (κ2) is 18.0. The Bertz CT molecular complexity index is 2300. The quantitative estimate of drug-likeness (QED) is 0.156. The SMILES string of the molecule is CCn1c(-c2cccnc2[C@H](C)OC)c2c3cc(ccc31)-c1cc(O)cc(c1)C[C@H](NC(=O)[C@H](C(C)C)N(C)C(=O)C1CCC1)C(=O)N1CCC[C@H](N1)C(=O)OCC(C)(C)C2. The van der Waals surface area contributed by atoms with Crippen LogP contribution in [-0.4, -0.2) is 93.7 Å². The third kappa shape index (κ3) is 9.04. The Morgan fingerprint density at radius 1 is 1.07 bits per heavy atom. The number of pyridine rings is 1. The number of hydrazine groups is 1. The first-order valence-electron chi connectivity index (χ1n) is 21.9. The number of phenolic OH excluding ortho intramolecular Hbond substituents is 1. The summed E-state index contributed by atoms with van der Waals surface area (Å²) >= 11 is 0. The Morgan fingerprint density at radius 2 is 1.84 bits per heavy atom. The molecule has 2 aromatic heterocycles. The molecule has 3 N–H and O–H groups in total. The van der Waals surface area contributed by atoms with Gasteiger partial charge in [-0.05, 0) is 111 Å². The van der Waals surface area contributed by atoms with Crippen molar-refractivity contribution in [2.75, 3.05) is 27.3 Å². The Hall–Kier alpha value is -5.27. The second-order valence-electron chi connectivity index (χ2n) is 18.3. The summed E-state index contributed by atoms with van der Waals surface area (Å²) in [5, 5.41) is 16.7. The minimum atomic E-state index is -1.09. The number of carbonyl (C=O) groups is 4. The van der Waals surface area contributed by atoms with Crippen LogP contribution in [0.15, 0.2) is 54.7 Å². The average molecular weight is 835 g/mol. The van der Waals surface area contributed by atoms with Crippen LogP contribution in [0.25, 0.3) is 33.3 Å². The van der Waals surface area contributed by atoms with E-state index in [0.717, 1.165) is 63.8 Å². The van der Waals surface area contributed by atoms with Gasteiger partial charge in [0.1, 0.15) is 23.9 Å². The molecule has 61 heavy (non-hydrogen) atoms. The monoisotopic (exact) mass is 834 g/mol. The predicted molar refractivity (Wildman–Crippen MR) is 234 cm³/mol. The van der Waals surface area contributed by atoms with Gasteiger partial charge in [0.2, 0.25) is 11.8 Å². The number of ether oxygens (including phenoxy) is 2. The highest BCUT2D eigenvalue weighted by Crippen LogP contribution is 2.42. The first-order valence-corrected chi connectivity index (χ1v) is 21.9. The normalized spacial score (nSPS) is 20.7. The van der Waals surface area contributed by atoms with Crippen molar-refractivity contribution in [1.29, 1.82) is 0 Å². The minimum Gasteiger partial charge on any atom is -0.508 e. The van der Waals surface area contributed by atoms with Gasteiger partial charge in [-0.25, -0.2) is 5.43 Å². The molecule has 326 valence electrons. The molecule has 0 spiro atoms. The van der Waals surface area contributed by atoms with Gasteiger partial charge >= 0.3 is 5.97 Å². The number of hydrogen-bond donors (Lipinski definition) is 3. The third-order valence-corrected chi connectivity index (χ3v) is 12.8. The lowest BCUT2D eigenvalue weighted by atomic mass is 9.83. The lowest BCUT2D eigenvalue weighted by molar-refractivity contribution is -0.155. The van der Waals surface area contributed by atoms with Gasteiger partial charge in [0, 0.05) is 67.7 Å². The number of esters is 1. The molecule has 4 heterocycles. The summed E-state index contributed by atoms with van der Waals surface area (Å²) < 4.78 is 14.2. The fourth-order valence-corrected chi connectivity index (χ4v) is 9.33. The summed E-state index contributed by atoms with van der Waals surface area (Å²) in [6, 6.07) is 12.9. The van der Waals surface area contributed by atoms with Crippen LogP contribution in [0.4, 0.5) is 0 Å². The van der Waals surface area contributed by atoms with Crippen LogP contribution >= 0.6 is 0 Å². The molecule has 1 saturated heterocycles. The summed E-state index contributed by atoms with van der Waals surface area (Å²) in [4.78, 5) is 62.4. The molecule has 13 nitrogen and oxygen atoms in total. The van der Waals surface area contributed by atoms with Crippen LogP contribution in [0.3, 0.4) is 0 Å². The van der Waals surface area contributed by atoms with Crippen molar-refractivity contribution in [3.63, 3.8) is 0 Å². The Kier molecular flexibility index (Phi) is 12.9. The van der Waals surface area contributed by atoms with Gasteiger partial charge < -0.3 is 29.4 Å². The van der Waals surface area contributed by atoms with E-state index < -0.39 is 41.3 Å². The summed E-state index contributed by atoms with van der Waals surface area (Å²) in [6.07, 6.45) is 5.73. The Morgan fingerprint density at radius 3 is 2.52 bits per heavy atom. The molecule has 1 saturated carbocycles. The van der Waals surface area contributed by atoms with Crippen LogP contribution in [-0.2, 0) is 48.0 Å². The highest BCUT2D eigenvalue weighted by Gasteiger charge is 2.39. The summed E-state index contributed by atoms with van der Waals surface area (Å²) in [7, 11) is 3.34. The van der Waals surface area contributed by atoms with Gasteiger partial charge in [-0.1, -0.05) is 46.2 Å². The molecule has 2 aliphatic heterocycles. The van der Waals surface area contributed by atoms with E-state index in [1.165, 1.54) is 9.91 Å². The number of rotatable bonds is 9. The molecular formula is C48H62N6O7. The molecule has 2 aromatic carbocycles. The number of benzene rings is 2. The number of methoxy groups -OCH3 is 1. The number of cyclic esters (lactones) is 1. The zero-order chi connectivity index (χ0) is 43.7. The molecule has 4 aromatic rings. The highest BCUT2D eigenvalue weighted by atomic mass is 16.5. The minimum absolute atomic E-state index is 0.0195. The summed E-state index contributed by atoms with van der Waals surface area (Å²) in [6.45, 7) is 13.2. The van der Waals surface area contributed by atoms with Crippen LogP contribution < -0.4 is 10.7 Å². The number of aromatic nitrogens is 2. The van der Waals surface area contributed by atoms with Crippen molar-refractivity contribution in [2.45, 2.75) is 117 Å². The van der Waals surface area contributed by atoms with Crippen molar-refractivity contribution in [2.24, 2.45) is 17.3 Å². The largest absolute Gasteiger partial charge is 0.508 e. The maximum atomic E-state index is 14.6. The maximum absolute atomic E-state index is 14.6. The van der Waals surface area contributed by atoms with Crippen LogP contribution in [0.1, 0.15) is 96.6 Å². The zero-order valence-corrected chi connectivity index (χ0v) is 36.9.